The van der Waals surface area contributed by atoms with Crippen LogP contribution in [0.5, 0.6) is 11.5 Å². The molecule has 2 aromatic rings. The number of aliphatic hydroxyl groups excluding tert-OH is 1. The lowest BCUT2D eigenvalue weighted by molar-refractivity contribution is -0.153. The zero-order valence-corrected chi connectivity index (χ0v) is 17.2. The molecular weight excluding hydrogens is 404 g/mol. The fourth-order valence-corrected chi connectivity index (χ4v) is 2.38. The molecule has 32 heavy (non-hydrogen) atoms. The van der Waals surface area contributed by atoms with Crippen molar-refractivity contribution in [1.82, 2.24) is 0 Å². The Morgan fingerprint density at radius 2 is 1.22 bits per heavy atom. The normalized spacial score (nSPS) is 10.8. The molecule has 0 saturated carbocycles. The molecule has 0 aliphatic carbocycles. The number of phenolic OH excluding ortho intramolecular Hbond substituents is 1. The minimum atomic E-state index is -0.693. The molecule has 2 unspecified atom stereocenters. The van der Waals surface area contributed by atoms with Crippen molar-refractivity contribution in [1.29, 1.82) is 0 Å². The van der Waals surface area contributed by atoms with Crippen LogP contribution in [-0.2, 0) is 9.53 Å². The average Bonchev–Trinajstić information content (AvgIpc) is 2.74. The Kier molecular flexibility index (Phi) is 23.4. The molecule has 0 heterocycles. The van der Waals surface area contributed by atoms with E-state index in [0.29, 0.717) is 23.3 Å². The largest absolute Gasteiger partial charge is 0.508 e. The monoisotopic (exact) mass is 452 g/mol. The molecule has 2 aromatic carbocycles. The van der Waals surface area contributed by atoms with E-state index in [1.165, 1.54) is 11.1 Å². The number of esters is 1. The molecule has 5 nitrogen and oxygen atoms in total. The highest BCUT2D eigenvalue weighted by Crippen LogP contribution is 2.21. The van der Waals surface area contributed by atoms with E-state index in [-0.39, 0.29) is 36.5 Å². The van der Waals surface area contributed by atoms with Gasteiger partial charge in [-0.05, 0) is 60.1 Å². The maximum Gasteiger partial charge on any atom is 0.334 e. The summed E-state index contributed by atoms with van der Waals surface area (Å²) in [5, 5.41) is 17.4. The van der Waals surface area contributed by atoms with Gasteiger partial charge in [-0.15, -0.1) is 0 Å². The molecule has 0 aromatic heterocycles. The number of rotatable bonds is 8. The van der Waals surface area contributed by atoms with Gasteiger partial charge in [0, 0.05) is 0 Å². The molecular formula is C27H48O5. The second kappa shape index (κ2) is 20.4. The van der Waals surface area contributed by atoms with Gasteiger partial charge in [-0.25, -0.2) is 4.79 Å². The number of hydrogen-bond acceptors (Lipinski definition) is 5. The van der Waals surface area contributed by atoms with Gasteiger partial charge in [0.2, 0.25) is 6.79 Å². The van der Waals surface area contributed by atoms with Gasteiger partial charge in [-0.3, -0.25) is 0 Å². The number of aliphatic hydroxyl groups is 1. The molecule has 2 rings (SSSR count). The summed E-state index contributed by atoms with van der Waals surface area (Å²) in [5.41, 5.74) is 2.55. The third-order valence-electron chi connectivity index (χ3n) is 4.71. The first-order chi connectivity index (χ1) is 13.4. The van der Waals surface area contributed by atoms with Crippen LogP contribution in [0, 0.1) is 0 Å². The van der Waals surface area contributed by atoms with Crippen LogP contribution in [-0.4, -0.2) is 29.6 Å². The predicted octanol–water partition coefficient (Wildman–Crippen LogP) is 7.52. The Morgan fingerprint density at radius 1 is 0.812 bits per heavy atom. The van der Waals surface area contributed by atoms with Gasteiger partial charge in [-0.1, -0.05) is 81.7 Å². The lowest BCUT2D eigenvalue weighted by Gasteiger charge is -2.10. The molecule has 0 spiro atoms. The molecule has 186 valence electrons. The Morgan fingerprint density at radius 3 is 1.59 bits per heavy atom. The summed E-state index contributed by atoms with van der Waals surface area (Å²) in [5.74, 6) is 1.41. The highest BCUT2D eigenvalue weighted by molar-refractivity contribution is 5.70. The Hall–Kier alpha value is -2.53. The van der Waals surface area contributed by atoms with Gasteiger partial charge in [0.1, 0.15) is 18.1 Å². The molecule has 0 aliphatic heterocycles. The second-order valence-electron chi connectivity index (χ2n) is 6.72. The Bertz CT molecular complexity index is 680. The van der Waals surface area contributed by atoms with Crippen LogP contribution in [0.4, 0.5) is 0 Å². The van der Waals surface area contributed by atoms with Crippen molar-refractivity contribution in [3.8, 4) is 11.5 Å². The summed E-state index contributed by atoms with van der Waals surface area (Å²) in [6, 6.07) is 15.1. The summed E-state index contributed by atoms with van der Waals surface area (Å²) in [7, 11) is 0. The van der Waals surface area contributed by atoms with Crippen molar-refractivity contribution in [2.45, 2.75) is 82.1 Å². The summed E-state index contributed by atoms with van der Waals surface area (Å²) < 4.78 is 9.78. The molecule has 0 saturated heterocycles. The second-order valence-corrected chi connectivity index (χ2v) is 6.72. The van der Waals surface area contributed by atoms with Gasteiger partial charge in [-0.2, -0.15) is 0 Å². The standard InChI is InChI=1S/C13H18O4.C10H14O.4CH4/c1-3-10(2)11-4-6-12(7-5-11)16-9-17-13(15)8-14;1-3-8(2)9-4-6-10(11)7-5-9;;;;/h4-7,10,14H,3,8-9H2,1-2H3;4-8,11H,3H2,1-2H3;4*1H4. The van der Waals surface area contributed by atoms with Crippen LogP contribution in [0.3, 0.4) is 0 Å². The average molecular weight is 453 g/mol. The van der Waals surface area contributed by atoms with E-state index in [0.717, 1.165) is 12.8 Å². The molecule has 0 radical (unpaired) electrons. The zero-order chi connectivity index (χ0) is 20.9. The number of hydrogen-bond donors (Lipinski definition) is 2. The number of benzene rings is 2. The van der Waals surface area contributed by atoms with Crippen LogP contribution in [0.25, 0.3) is 0 Å². The quantitative estimate of drug-likeness (QED) is 0.320. The molecule has 0 bridgehead atoms. The first-order valence-electron chi connectivity index (χ1n) is 9.69. The maximum atomic E-state index is 10.6. The molecule has 0 fully saturated rings. The van der Waals surface area contributed by atoms with Gasteiger partial charge in [0.15, 0.2) is 0 Å². The van der Waals surface area contributed by atoms with Crippen molar-refractivity contribution in [3.05, 3.63) is 59.7 Å². The van der Waals surface area contributed by atoms with Crippen LogP contribution in [0.2, 0.25) is 0 Å². The van der Waals surface area contributed by atoms with E-state index >= 15 is 0 Å². The summed E-state index contributed by atoms with van der Waals surface area (Å²) in [6.07, 6.45) is 2.24. The summed E-state index contributed by atoms with van der Waals surface area (Å²) in [4.78, 5) is 10.6. The van der Waals surface area contributed by atoms with Crippen molar-refractivity contribution >= 4 is 5.97 Å². The maximum absolute atomic E-state index is 10.6. The molecule has 0 aliphatic rings. The van der Waals surface area contributed by atoms with Gasteiger partial charge in [0.05, 0.1) is 0 Å². The highest BCUT2D eigenvalue weighted by Gasteiger charge is 2.04. The van der Waals surface area contributed by atoms with Gasteiger partial charge in [0.25, 0.3) is 0 Å². The Labute approximate surface area is 197 Å². The lowest BCUT2D eigenvalue weighted by Crippen LogP contribution is -2.13. The SMILES string of the molecule is C.C.C.C.CCC(C)c1ccc(O)cc1.CCC(C)c1ccc(OCOC(=O)CO)cc1. The highest BCUT2D eigenvalue weighted by atomic mass is 16.7. The molecule has 2 N–H and O–H groups in total. The van der Waals surface area contributed by atoms with Crippen molar-refractivity contribution < 1.29 is 24.5 Å². The topological polar surface area (TPSA) is 76.0 Å². The van der Waals surface area contributed by atoms with Crippen LogP contribution >= 0.6 is 0 Å². The summed E-state index contributed by atoms with van der Waals surface area (Å²) >= 11 is 0. The number of aromatic hydroxyl groups is 1. The van der Waals surface area contributed by atoms with Crippen molar-refractivity contribution in [2.75, 3.05) is 13.4 Å². The van der Waals surface area contributed by atoms with Crippen LogP contribution < -0.4 is 4.74 Å². The lowest BCUT2D eigenvalue weighted by atomic mass is 9.99. The number of phenols is 1. The first kappa shape index (κ1) is 36.8. The van der Waals surface area contributed by atoms with E-state index < -0.39 is 12.6 Å². The van der Waals surface area contributed by atoms with E-state index in [1.54, 1.807) is 12.1 Å². The summed E-state index contributed by atoms with van der Waals surface area (Å²) in [6.45, 7) is 7.85. The fourth-order valence-electron chi connectivity index (χ4n) is 2.38. The number of carbonyl (C=O) groups is 1. The van der Waals surface area contributed by atoms with E-state index in [4.69, 9.17) is 14.9 Å². The third-order valence-corrected chi connectivity index (χ3v) is 4.71. The smallest absolute Gasteiger partial charge is 0.334 e. The molecule has 5 heteroatoms. The van der Waals surface area contributed by atoms with Crippen molar-refractivity contribution in [3.63, 3.8) is 0 Å². The number of carbonyl (C=O) groups excluding carboxylic acids is 1. The van der Waals surface area contributed by atoms with E-state index in [1.807, 2.05) is 36.4 Å². The van der Waals surface area contributed by atoms with Gasteiger partial charge < -0.3 is 19.7 Å². The third kappa shape index (κ3) is 13.7. The van der Waals surface area contributed by atoms with Gasteiger partial charge >= 0.3 is 5.97 Å². The Balaban J connectivity index is -0.000000232. The fraction of sp³-hybridized carbons (Fsp3) is 0.519. The predicted molar refractivity (Wildman–Crippen MR) is 138 cm³/mol. The molecule has 2 atom stereocenters. The number of ether oxygens (including phenoxy) is 2. The van der Waals surface area contributed by atoms with E-state index in [9.17, 15) is 4.79 Å². The minimum Gasteiger partial charge on any atom is -0.508 e. The zero-order valence-electron chi connectivity index (χ0n) is 17.2. The van der Waals surface area contributed by atoms with Crippen LogP contribution in [0.1, 0.15) is 93.2 Å². The van der Waals surface area contributed by atoms with E-state index in [2.05, 4.69) is 32.4 Å². The first-order valence-corrected chi connectivity index (χ1v) is 9.69. The molecule has 0 amide bonds. The minimum absolute atomic E-state index is 0. The van der Waals surface area contributed by atoms with Crippen molar-refractivity contribution in [2.24, 2.45) is 0 Å². The van der Waals surface area contributed by atoms with Crippen LogP contribution in [0.15, 0.2) is 48.5 Å².